The van der Waals surface area contributed by atoms with Crippen LogP contribution in [0, 0.1) is 17.7 Å². The van der Waals surface area contributed by atoms with Gasteiger partial charge in [-0.25, -0.2) is 4.39 Å². The quantitative estimate of drug-likeness (QED) is 0.904. The Bertz CT molecular complexity index is 597. The fourth-order valence-corrected chi connectivity index (χ4v) is 5.15. The van der Waals surface area contributed by atoms with Gasteiger partial charge in [-0.1, -0.05) is 31.0 Å². The van der Waals surface area contributed by atoms with E-state index in [0.717, 1.165) is 64.7 Å². The molecule has 3 aliphatic rings. The van der Waals surface area contributed by atoms with Crippen LogP contribution in [-0.4, -0.2) is 37.0 Å². The first-order valence-electron chi connectivity index (χ1n) is 9.46. The van der Waals surface area contributed by atoms with Gasteiger partial charge in [0, 0.05) is 18.7 Å². The Labute approximate surface area is 143 Å². The lowest BCUT2D eigenvalue weighted by atomic mass is 9.77. The van der Waals surface area contributed by atoms with Crippen molar-refractivity contribution in [2.45, 2.75) is 43.9 Å². The number of likely N-dealkylation sites (tertiary alicyclic amines) is 1. The molecule has 2 heterocycles. The van der Waals surface area contributed by atoms with E-state index < -0.39 is 5.41 Å². The molecule has 4 rings (SSSR count). The Kier molecular flexibility index (Phi) is 4.33. The predicted octanol–water partition coefficient (Wildman–Crippen LogP) is 3.10. The number of hydrogen-bond donors (Lipinski definition) is 1. The Morgan fingerprint density at radius 2 is 1.71 bits per heavy atom. The normalized spacial score (nSPS) is 29.3. The van der Waals surface area contributed by atoms with Crippen LogP contribution in [0.4, 0.5) is 4.39 Å². The number of fused-ring (bicyclic) bond motifs is 1. The van der Waals surface area contributed by atoms with Crippen molar-refractivity contribution in [1.29, 1.82) is 0 Å². The first-order chi connectivity index (χ1) is 11.7. The molecular formula is C20H27FN2O. The number of hydrogen-bond acceptors (Lipinski definition) is 2. The lowest BCUT2D eigenvalue weighted by Crippen LogP contribution is -2.46. The summed E-state index contributed by atoms with van der Waals surface area (Å²) in [6, 6.07) is 6.91. The van der Waals surface area contributed by atoms with Crippen LogP contribution in [0.15, 0.2) is 24.3 Å². The summed E-state index contributed by atoms with van der Waals surface area (Å²) >= 11 is 0. The molecule has 1 aromatic carbocycles. The third-order valence-corrected chi connectivity index (χ3v) is 6.56. The van der Waals surface area contributed by atoms with E-state index in [-0.39, 0.29) is 11.7 Å². The third-order valence-electron chi connectivity index (χ3n) is 6.56. The van der Waals surface area contributed by atoms with E-state index in [2.05, 4.69) is 10.2 Å². The molecule has 0 radical (unpaired) electrons. The maximum atomic E-state index is 14.5. The van der Waals surface area contributed by atoms with E-state index in [1.165, 1.54) is 6.07 Å². The highest BCUT2D eigenvalue weighted by molar-refractivity contribution is 5.88. The predicted molar refractivity (Wildman–Crippen MR) is 92.2 cm³/mol. The zero-order valence-corrected chi connectivity index (χ0v) is 14.3. The molecule has 0 aromatic heterocycles. The minimum Gasteiger partial charge on any atom is -0.342 e. The fraction of sp³-hybridized carbons (Fsp3) is 0.650. The molecule has 130 valence electrons. The van der Waals surface area contributed by atoms with Crippen LogP contribution < -0.4 is 5.32 Å². The molecule has 0 bridgehead atoms. The van der Waals surface area contributed by atoms with Crippen molar-refractivity contribution in [3.05, 3.63) is 35.6 Å². The maximum absolute atomic E-state index is 14.5. The Morgan fingerprint density at radius 3 is 2.33 bits per heavy atom. The average Bonchev–Trinajstić information content (AvgIpc) is 3.21. The number of nitrogens with zero attached hydrogens (tertiary/aromatic N) is 1. The molecule has 24 heavy (non-hydrogen) atoms. The number of halogens is 1. The largest absolute Gasteiger partial charge is 0.342 e. The van der Waals surface area contributed by atoms with Crippen LogP contribution in [0.3, 0.4) is 0 Å². The van der Waals surface area contributed by atoms with Gasteiger partial charge in [-0.3, -0.25) is 4.79 Å². The molecular weight excluding hydrogens is 303 g/mol. The summed E-state index contributed by atoms with van der Waals surface area (Å²) in [4.78, 5) is 15.5. The standard InChI is InChI=1S/C20H27FN2O/c21-18-6-2-1-5-17(18)20(9-3-4-10-20)19(24)23-11-7-15-13-22-14-16(15)8-12-23/h1-2,5-6,15-16,22H,3-4,7-14H2/t15-,16+. The SMILES string of the molecule is O=C(N1CC[C@@H]2CNC[C@@H]2CC1)C1(c2ccccc2F)CCCC1. The summed E-state index contributed by atoms with van der Waals surface area (Å²) < 4.78 is 14.5. The van der Waals surface area contributed by atoms with Crippen molar-refractivity contribution in [2.75, 3.05) is 26.2 Å². The number of nitrogens with one attached hydrogen (secondary N) is 1. The van der Waals surface area contributed by atoms with E-state index in [4.69, 9.17) is 0 Å². The van der Waals surface area contributed by atoms with Gasteiger partial charge in [-0.15, -0.1) is 0 Å². The van der Waals surface area contributed by atoms with Crippen LogP contribution in [0.2, 0.25) is 0 Å². The van der Waals surface area contributed by atoms with Gasteiger partial charge in [0.1, 0.15) is 5.82 Å². The topological polar surface area (TPSA) is 32.3 Å². The van der Waals surface area contributed by atoms with Crippen LogP contribution in [0.5, 0.6) is 0 Å². The maximum Gasteiger partial charge on any atom is 0.233 e. The first-order valence-corrected chi connectivity index (χ1v) is 9.46. The third kappa shape index (κ3) is 2.65. The highest BCUT2D eigenvalue weighted by atomic mass is 19.1. The zero-order valence-electron chi connectivity index (χ0n) is 14.3. The molecule has 3 fully saturated rings. The molecule has 0 spiro atoms. The summed E-state index contributed by atoms with van der Waals surface area (Å²) in [7, 11) is 0. The van der Waals surface area contributed by atoms with E-state index in [1.807, 2.05) is 12.1 Å². The minimum atomic E-state index is -0.622. The molecule has 3 nitrogen and oxygen atoms in total. The van der Waals surface area contributed by atoms with Crippen molar-refractivity contribution in [2.24, 2.45) is 11.8 Å². The molecule has 1 aliphatic carbocycles. The van der Waals surface area contributed by atoms with Crippen LogP contribution in [0.25, 0.3) is 0 Å². The van der Waals surface area contributed by atoms with Crippen LogP contribution in [0.1, 0.15) is 44.1 Å². The van der Waals surface area contributed by atoms with Gasteiger partial charge in [-0.2, -0.15) is 0 Å². The van der Waals surface area contributed by atoms with Gasteiger partial charge in [-0.05, 0) is 56.7 Å². The number of carbonyl (C=O) groups excluding carboxylic acids is 1. The Balaban J connectivity index is 1.60. The van der Waals surface area contributed by atoms with Gasteiger partial charge in [0.15, 0.2) is 0 Å². The van der Waals surface area contributed by atoms with Crippen molar-refractivity contribution >= 4 is 5.91 Å². The van der Waals surface area contributed by atoms with Crippen molar-refractivity contribution in [3.8, 4) is 0 Å². The lowest BCUT2D eigenvalue weighted by molar-refractivity contribution is -0.137. The number of carbonyl (C=O) groups is 1. The van der Waals surface area contributed by atoms with E-state index in [1.54, 1.807) is 6.07 Å². The number of amides is 1. The van der Waals surface area contributed by atoms with E-state index >= 15 is 0 Å². The molecule has 1 amide bonds. The Hall–Kier alpha value is -1.42. The van der Waals surface area contributed by atoms with Crippen LogP contribution >= 0.6 is 0 Å². The van der Waals surface area contributed by atoms with E-state index in [0.29, 0.717) is 17.4 Å². The second kappa shape index (κ2) is 6.47. The van der Waals surface area contributed by atoms with Gasteiger partial charge < -0.3 is 10.2 Å². The molecule has 0 unspecified atom stereocenters. The van der Waals surface area contributed by atoms with Gasteiger partial charge in [0.25, 0.3) is 0 Å². The minimum absolute atomic E-state index is 0.179. The summed E-state index contributed by atoms with van der Waals surface area (Å²) in [5, 5.41) is 3.48. The first kappa shape index (κ1) is 16.1. The second-order valence-electron chi connectivity index (χ2n) is 7.82. The van der Waals surface area contributed by atoms with Crippen molar-refractivity contribution < 1.29 is 9.18 Å². The molecule has 1 aromatic rings. The molecule has 1 N–H and O–H groups in total. The Morgan fingerprint density at radius 1 is 1.08 bits per heavy atom. The lowest BCUT2D eigenvalue weighted by Gasteiger charge is -2.34. The van der Waals surface area contributed by atoms with Crippen molar-refractivity contribution in [3.63, 3.8) is 0 Å². The average molecular weight is 330 g/mol. The molecule has 2 aliphatic heterocycles. The van der Waals surface area contributed by atoms with E-state index in [9.17, 15) is 9.18 Å². The summed E-state index contributed by atoms with van der Waals surface area (Å²) in [5.74, 6) is 1.37. The second-order valence-corrected chi connectivity index (χ2v) is 7.82. The summed E-state index contributed by atoms with van der Waals surface area (Å²) in [6.07, 6.45) is 5.77. The van der Waals surface area contributed by atoms with Gasteiger partial charge >= 0.3 is 0 Å². The summed E-state index contributed by atoms with van der Waals surface area (Å²) in [5.41, 5.74) is 0.00173. The van der Waals surface area contributed by atoms with Gasteiger partial charge in [0.05, 0.1) is 5.41 Å². The number of benzene rings is 1. The van der Waals surface area contributed by atoms with Crippen LogP contribution in [-0.2, 0) is 10.2 Å². The molecule has 2 atom stereocenters. The molecule has 4 heteroatoms. The molecule has 2 saturated heterocycles. The van der Waals surface area contributed by atoms with Gasteiger partial charge in [0.2, 0.25) is 5.91 Å². The number of rotatable bonds is 2. The zero-order chi connectivity index (χ0) is 16.6. The highest BCUT2D eigenvalue weighted by Gasteiger charge is 2.47. The summed E-state index contributed by atoms with van der Waals surface area (Å²) in [6.45, 7) is 3.84. The monoisotopic (exact) mass is 330 g/mol. The molecule has 1 saturated carbocycles. The highest BCUT2D eigenvalue weighted by Crippen LogP contribution is 2.44. The van der Waals surface area contributed by atoms with Crippen molar-refractivity contribution in [1.82, 2.24) is 10.2 Å². The smallest absolute Gasteiger partial charge is 0.233 e. The fourth-order valence-electron chi connectivity index (χ4n) is 5.15.